The zero-order valence-corrected chi connectivity index (χ0v) is 19.7. The largest absolute Gasteiger partial charge is 0.385 e. The fourth-order valence-corrected chi connectivity index (χ4v) is 4.71. The van der Waals surface area contributed by atoms with Gasteiger partial charge in [0.25, 0.3) is 0 Å². The van der Waals surface area contributed by atoms with Crippen molar-refractivity contribution in [2.24, 2.45) is 11.5 Å². The molecule has 0 radical (unpaired) electrons. The number of anilines is 1. The van der Waals surface area contributed by atoms with Gasteiger partial charge < -0.3 is 22.1 Å². The van der Waals surface area contributed by atoms with Crippen LogP contribution in [0.25, 0.3) is 0 Å². The molecule has 0 saturated heterocycles. The third-order valence-corrected chi connectivity index (χ3v) is 6.55. The van der Waals surface area contributed by atoms with E-state index in [1.165, 1.54) is 11.1 Å². The highest BCUT2D eigenvalue weighted by atomic mass is 16.2. The van der Waals surface area contributed by atoms with Gasteiger partial charge in [0.2, 0.25) is 11.8 Å². The molecule has 6 nitrogen and oxygen atoms in total. The normalized spacial score (nSPS) is 15.7. The Labute approximate surface area is 200 Å². The molecule has 176 valence electrons. The summed E-state index contributed by atoms with van der Waals surface area (Å²) in [6, 6.07) is 19.5. The molecule has 0 aromatic heterocycles. The van der Waals surface area contributed by atoms with Crippen LogP contribution in [-0.4, -0.2) is 24.4 Å². The minimum atomic E-state index is -0.692. The summed E-state index contributed by atoms with van der Waals surface area (Å²) in [6.45, 7) is 4.62. The average molecular weight is 457 g/mol. The van der Waals surface area contributed by atoms with E-state index in [1.807, 2.05) is 32.0 Å². The second kappa shape index (κ2) is 10.1. The summed E-state index contributed by atoms with van der Waals surface area (Å²) in [5, 5.41) is 6.61. The van der Waals surface area contributed by atoms with Crippen LogP contribution in [0.4, 0.5) is 5.69 Å². The standard InChI is InChI=1S/C28H32N4O2/c1-17-12-21(27(30)33)13-18(2)22(17)16-24(29)28(34)32-26-10-11-31-25-9-8-20(15-23(25)26)14-19-6-4-3-5-7-19/h3-9,12-13,15,24,26,31H,10-11,14,16,29H2,1-2H3,(H2,30,33)(H,32,34)/t24-,26+/m0/s1. The summed E-state index contributed by atoms with van der Waals surface area (Å²) in [5.74, 6) is -0.639. The summed E-state index contributed by atoms with van der Waals surface area (Å²) < 4.78 is 0. The number of aryl methyl sites for hydroxylation is 2. The van der Waals surface area contributed by atoms with Crippen molar-refractivity contribution in [2.45, 2.75) is 45.2 Å². The summed E-state index contributed by atoms with van der Waals surface area (Å²) in [6.07, 6.45) is 2.04. The van der Waals surface area contributed by atoms with Gasteiger partial charge in [-0.3, -0.25) is 9.59 Å². The van der Waals surface area contributed by atoms with Gasteiger partial charge in [0.15, 0.2) is 0 Å². The van der Waals surface area contributed by atoms with Gasteiger partial charge in [-0.1, -0.05) is 42.5 Å². The lowest BCUT2D eigenvalue weighted by atomic mass is 9.92. The van der Waals surface area contributed by atoms with E-state index in [0.717, 1.165) is 47.3 Å². The van der Waals surface area contributed by atoms with Crippen LogP contribution >= 0.6 is 0 Å². The van der Waals surface area contributed by atoms with Crippen LogP contribution in [-0.2, 0) is 17.6 Å². The highest BCUT2D eigenvalue weighted by molar-refractivity contribution is 5.93. The molecular weight excluding hydrogens is 424 g/mol. The van der Waals surface area contributed by atoms with Gasteiger partial charge in [-0.05, 0) is 84.7 Å². The van der Waals surface area contributed by atoms with Crippen molar-refractivity contribution < 1.29 is 9.59 Å². The van der Waals surface area contributed by atoms with Crippen molar-refractivity contribution in [1.82, 2.24) is 5.32 Å². The zero-order chi connectivity index (χ0) is 24.2. The number of primary amides is 1. The van der Waals surface area contributed by atoms with E-state index in [0.29, 0.717) is 12.0 Å². The molecule has 0 saturated carbocycles. The second-order valence-corrected chi connectivity index (χ2v) is 9.12. The predicted molar refractivity (Wildman–Crippen MR) is 136 cm³/mol. The van der Waals surface area contributed by atoms with Crippen LogP contribution in [0.2, 0.25) is 0 Å². The van der Waals surface area contributed by atoms with E-state index in [-0.39, 0.29) is 11.9 Å². The zero-order valence-electron chi connectivity index (χ0n) is 19.7. The predicted octanol–water partition coefficient (Wildman–Crippen LogP) is 3.54. The molecule has 6 heteroatoms. The number of hydrogen-bond donors (Lipinski definition) is 4. The lowest BCUT2D eigenvalue weighted by molar-refractivity contribution is -0.123. The molecule has 3 aromatic rings. The Morgan fingerprint density at radius 1 is 1.03 bits per heavy atom. The highest BCUT2D eigenvalue weighted by Crippen LogP contribution is 2.31. The fraction of sp³-hybridized carbons (Fsp3) is 0.286. The number of carbonyl (C=O) groups excluding carboxylic acids is 2. The first-order valence-corrected chi connectivity index (χ1v) is 11.7. The van der Waals surface area contributed by atoms with Crippen molar-refractivity contribution in [3.8, 4) is 0 Å². The number of nitrogens with two attached hydrogens (primary N) is 2. The molecule has 34 heavy (non-hydrogen) atoms. The number of nitrogens with one attached hydrogen (secondary N) is 2. The molecule has 4 rings (SSSR count). The summed E-state index contributed by atoms with van der Waals surface area (Å²) >= 11 is 0. The maximum absolute atomic E-state index is 13.1. The van der Waals surface area contributed by atoms with Crippen LogP contribution in [0.1, 0.15) is 56.2 Å². The summed E-state index contributed by atoms with van der Waals surface area (Å²) in [4.78, 5) is 24.6. The molecule has 0 aliphatic carbocycles. The monoisotopic (exact) mass is 456 g/mol. The van der Waals surface area contributed by atoms with Gasteiger partial charge >= 0.3 is 0 Å². The number of rotatable bonds is 7. The van der Waals surface area contributed by atoms with Crippen molar-refractivity contribution in [3.63, 3.8) is 0 Å². The molecule has 2 amide bonds. The Morgan fingerprint density at radius 2 is 1.74 bits per heavy atom. The van der Waals surface area contributed by atoms with E-state index in [2.05, 4.69) is 41.0 Å². The van der Waals surface area contributed by atoms with Gasteiger partial charge in [0.1, 0.15) is 0 Å². The fourth-order valence-electron chi connectivity index (χ4n) is 4.71. The summed E-state index contributed by atoms with van der Waals surface area (Å²) in [7, 11) is 0. The van der Waals surface area contributed by atoms with Crippen LogP contribution in [0, 0.1) is 13.8 Å². The van der Waals surface area contributed by atoms with Gasteiger partial charge in [0, 0.05) is 17.8 Å². The second-order valence-electron chi connectivity index (χ2n) is 9.12. The molecule has 0 unspecified atom stereocenters. The lowest BCUT2D eigenvalue weighted by Crippen LogP contribution is -2.44. The summed E-state index contributed by atoms with van der Waals surface area (Å²) in [5.41, 5.74) is 19.6. The van der Waals surface area contributed by atoms with E-state index in [1.54, 1.807) is 12.1 Å². The van der Waals surface area contributed by atoms with Crippen molar-refractivity contribution in [3.05, 3.63) is 99.6 Å². The molecular formula is C28H32N4O2. The first-order chi connectivity index (χ1) is 16.3. The molecule has 3 aromatic carbocycles. The van der Waals surface area contributed by atoms with Crippen LogP contribution in [0.3, 0.4) is 0 Å². The Kier molecular flexibility index (Phi) is 6.98. The first-order valence-electron chi connectivity index (χ1n) is 11.7. The lowest BCUT2D eigenvalue weighted by Gasteiger charge is -2.29. The van der Waals surface area contributed by atoms with Gasteiger partial charge in [-0.25, -0.2) is 0 Å². The van der Waals surface area contributed by atoms with Crippen LogP contribution in [0.15, 0.2) is 60.7 Å². The maximum atomic E-state index is 13.1. The van der Waals surface area contributed by atoms with E-state index < -0.39 is 11.9 Å². The van der Waals surface area contributed by atoms with Crippen molar-refractivity contribution >= 4 is 17.5 Å². The van der Waals surface area contributed by atoms with Gasteiger partial charge in [0.05, 0.1) is 12.1 Å². The molecule has 2 atom stereocenters. The molecule has 6 N–H and O–H groups in total. The van der Waals surface area contributed by atoms with E-state index in [9.17, 15) is 9.59 Å². The third-order valence-electron chi connectivity index (χ3n) is 6.55. The molecule has 0 fully saturated rings. The Balaban J connectivity index is 1.48. The Bertz CT molecular complexity index is 1180. The topological polar surface area (TPSA) is 110 Å². The smallest absolute Gasteiger partial charge is 0.248 e. The minimum Gasteiger partial charge on any atom is -0.385 e. The van der Waals surface area contributed by atoms with Crippen molar-refractivity contribution in [2.75, 3.05) is 11.9 Å². The first kappa shape index (κ1) is 23.5. The van der Waals surface area contributed by atoms with Crippen LogP contribution in [0.5, 0.6) is 0 Å². The molecule has 0 spiro atoms. The molecule has 1 aliphatic rings. The highest BCUT2D eigenvalue weighted by Gasteiger charge is 2.25. The Hall–Kier alpha value is -3.64. The number of fused-ring (bicyclic) bond motifs is 1. The number of hydrogen-bond acceptors (Lipinski definition) is 4. The average Bonchev–Trinajstić information content (AvgIpc) is 2.82. The number of benzene rings is 3. The van der Waals surface area contributed by atoms with E-state index >= 15 is 0 Å². The number of amides is 2. The van der Waals surface area contributed by atoms with Crippen molar-refractivity contribution in [1.29, 1.82) is 0 Å². The SMILES string of the molecule is Cc1cc(C(N)=O)cc(C)c1C[C@H](N)C(=O)N[C@@H]1CCNc2ccc(Cc3ccccc3)cc21. The molecule has 1 aliphatic heterocycles. The molecule has 1 heterocycles. The quantitative estimate of drug-likeness (QED) is 0.436. The van der Waals surface area contributed by atoms with Gasteiger partial charge in [-0.15, -0.1) is 0 Å². The number of carbonyl (C=O) groups is 2. The molecule has 0 bridgehead atoms. The van der Waals surface area contributed by atoms with E-state index in [4.69, 9.17) is 11.5 Å². The maximum Gasteiger partial charge on any atom is 0.248 e. The third kappa shape index (κ3) is 5.29. The van der Waals surface area contributed by atoms with Crippen LogP contribution < -0.4 is 22.1 Å². The Morgan fingerprint density at radius 3 is 2.41 bits per heavy atom. The van der Waals surface area contributed by atoms with Gasteiger partial charge in [-0.2, -0.15) is 0 Å². The minimum absolute atomic E-state index is 0.0926.